The number of benzene rings is 1. The summed E-state index contributed by atoms with van der Waals surface area (Å²) in [6.07, 6.45) is 5.90. The molecule has 1 aromatic carbocycles. The number of nitrogens with one attached hydrogen (secondary N) is 1. The first-order chi connectivity index (χ1) is 18.4. The predicted octanol–water partition coefficient (Wildman–Crippen LogP) is 4.24. The Kier molecular flexibility index (Phi) is 5.96. The first-order valence-electron chi connectivity index (χ1n) is 12.4. The van der Waals surface area contributed by atoms with Gasteiger partial charge in [0.2, 0.25) is 5.78 Å². The topological polar surface area (TPSA) is 108 Å². The number of aromatic nitrogens is 6. The Morgan fingerprint density at radius 1 is 1.21 bits per heavy atom. The molecule has 4 aromatic heterocycles. The van der Waals surface area contributed by atoms with E-state index in [0.29, 0.717) is 66.3 Å². The summed E-state index contributed by atoms with van der Waals surface area (Å²) < 4.78 is 24.4. The lowest BCUT2D eigenvalue weighted by Crippen LogP contribution is -2.15. The van der Waals surface area contributed by atoms with Gasteiger partial charge in [0.25, 0.3) is 0 Å². The van der Waals surface area contributed by atoms with Crippen LogP contribution in [-0.4, -0.2) is 47.5 Å². The second-order valence-corrected chi connectivity index (χ2v) is 9.34. The predicted molar refractivity (Wildman–Crippen MR) is 137 cm³/mol. The first kappa shape index (κ1) is 23.9. The Morgan fingerprint density at radius 3 is 2.82 bits per heavy atom. The average Bonchev–Trinajstić information content (AvgIpc) is 3.66. The highest BCUT2D eigenvalue weighted by Gasteiger charge is 2.21. The summed E-state index contributed by atoms with van der Waals surface area (Å²) in [5.41, 5.74) is 3.92. The molecule has 5 aromatic rings. The van der Waals surface area contributed by atoms with Crippen molar-refractivity contribution in [2.45, 2.75) is 32.9 Å². The molecule has 0 radical (unpaired) electrons. The molecule has 0 atom stereocenters. The molecule has 192 valence electrons. The van der Waals surface area contributed by atoms with Gasteiger partial charge in [-0.05, 0) is 24.3 Å². The van der Waals surface area contributed by atoms with E-state index >= 15 is 4.39 Å². The molecule has 0 unspecified atom stereocenters. The summed E-state index contributed by atoms with van der Waals surface area (Å²) in [5.74, 6) is -0.279. The number of nitrogens with zero attached hydrogens (tertiary/aromatic N) is 5. The minimum atomic E-state index is -0.558. The number of aromatic amines is 1. The van der Waals surface area contributed by atoms with E-state index < -0.39 is 5.82 Å². The number of rotatable bonds is 7. The van der Waals surface area contributed by atoms with E-state index in [1.807, 2.05) is 23.9 Å². The molecular formula is C28H25FN6O3. The minimum absolute atomic E-state index is 0.0491. The van der Waals surface area contributed by atoms with Crippen molar-refractivity contribution in [3.63, 3.8) is 0 Å². The molecule has 1 aliphatic rings. The molecule has 1 aliphatic heterocycles. The fraction of sp³-hybridized carbons (Fsp3) is 0.250. The molecule has 0 amide bonds. The van der Waals surface area contributed by atoms with Crippen LogP contribution in [0.25, 0.3) is 22.2 Å². The van der Waals surface area contributed by atoms with E-state index in [1.165, 1.54) is 6.07 Å². The number of aryl methyl sites for hydroxylation is 1. The maximum Gasteiger partial charge on any atom is 0.213 e. The number of carbonyl (C=O) groups is 2. The number of fused-ring (bicyclic) bond motifs is 2. The maximum atomic E-state index is 15.4. The van der Waals surface area contributed by atoms with E-state index in [-0.39, 0.29) is 28.4 Å². The summed E-state index contributed by atoms with van der Waals surface area (Å²) in [7, 11) is 1.84. The number of pyridine rings is 1. The fourth-order valence-corrected chi connectivity index (χ4v) is 4.81. The number of imidazole rings is 1. The number of hydrogen-bond acceptors (Lipinski definition) is 6. The summed E-state index contributed by atoms with van der Waals surface area (Å²) in [6.45, 7) is 3.33. The van der Waals surface area contributed by atoms with Crippen LogP contribution in [0.2, 0.25) is 0 Å². The van der Waals surface area contributed by atoms with Gasteiger partial charge in [0, 0.05) is 72.8 Å². The highest BCUT2D eigenvalue weighted by Crippen LogP contribution is 2.31. The van der Waals surface area contributed by atoms with Gasteiger partial charge in [0.15, 0.2) is 5.78 Å². The largest absolute Gasteiger partial charge is 0.372 e. The lowest BCUT2D eigenvalue weighted by atomic mass is 10.0. The van der Waals surface area contributed by atoms with Crippen molar-refractivity contribution in [1.82, 2.24) is 29.3 Å². The average molecular weight is 513 g/mol. The van der Waals surface area contributed by atoms with Crippen LogP contribution in [0, 0.1) is 5.82 Å². The minimum Gasteiger partial charge on any atom is -0.372 e. The quantitative estimate of drug-likeness (QED) is 0.327. The van der Waals surface area contributed by atoms with Crippen LogP contribution >= 0.6 is 0 Å². The summed E-state index contributed by atoms with van der Waals surface area (Å²) >= 11 is 0. The number of ether oxygens (including phenoxy) is 1. The number of Topliss-reactive ketones (excluding diaryl/α,β-unsaturated/α-hetero) is 1. The first-order valence-corrected chi connectivity index (χ1v) is 12.4. The Hall–Kier alpha value is -4.44. The van der Waals surface area contributed by atoms with E-state index in [2.05, 4.69) is 20.1 Å². The zero-order valence-corrected chi connectivity index (χ0v) is 21.0. The van der Waals surface area contributed by atoms with E-state index in [1.54, 1.807) is 42.2 Å². The number of carbonyl (C=O) groups excluding carboxylic acids is 2. The van der Waals surface area contributed by atoms with E-state index in [9.17, 15) is 9.59 Å². The Balaban J connectivity index is 1.37. The Labute approximate surface area is 217 Å². The van der Waals surface area contributed by atoms with Crippen molar-refractivity contribution in [3.8, 4) is 11.3 Å². The lowest BCUT2D eigenvalue weighted by Gasteiger charge is -2.13. The molecule has 0 aliphatic carbocycles. The molecule has 0 spiro atoms. The number of hydrogen-bond donors (Lipinski definition) is 1. The smallest absolute Gasteiger partial charge is 0.213 e. The van der Waals surface area contributed by atoms with Crippen LogP contribution in [0.5, 0.6) is 0 Å². The van der Waals surface area contributed by atoms with Gasteiger partial charge in [-0.2, -0.15) is 5.10 Å². The standard InChI is InChI=1S/C28H25FN6O3/c1-3-25(36)20-13-30-23(11-17-6-7-34(2)33-17)27-19(20)12-22(32-27)18-5-4-16(10-21(18)29)28(37)24-14-35-8-9-38-15-26(35)31-24/h4-7,10,12-14,32H,3,8-9,11,15H2,1-2H3. The van der Waals surface area contributed by atoms with Crippen LogP contribution in [0.4, 0.5) is 4.39 Å². The van der Waals surface area contributed by atoms with E-state index in [4.69, 9.17) is 4.74 Å². The van der Waals surface area contributed by atoms with Crippen molar-refractivity contribution < 1.29 is 18.7 Å². The van der Waals surface area contributed by atoms with Crippen LogP contribution in [0.15, 0.2) is 48.9 Å². The molecule has 38 heavy (non-hydrogen) atoms. The van der Waals surface area contributed by atoms with Gasteiger partial charge in [-0.3, -0.25) is 19.3 Å². The fourth-order valence-electron chi connectivity index (χ4n) is 4.81. The molecule has 9 nitrogen and oxygen atoms in total. The molecule has 6 rings (SSSR count). The summed E-state index contributed by atoms with van der Waals surface area (Å²) in [6, 6.07) is 8.06. The Bertz CT molecular complexity index is 1690. The van der Waals surface area contributed by atoms with Gasteiger partial charge >= 0.3 is 0 Å². The highest BCUT2D eigenvalue weighted by atomic mass is 19.1. The number of H-pyrrole nitrogens is 1. The van der Waals surface area contributed by atoms with Gasteiger partial charge in [0.05, 0.1) is 23.5 Å². The molecule has 5 heterocycles. The molecule has 0 bridgehead atoms. The normalized spacial score (nSPS) is 13.1. The SMILES string of the molecule is CCC(=O)c1cnc(Cc2ccn(C)n2)c2[nH]c(-c3ccc(C(=O)c4cn5c(n4)COCC5)cc3F)cc12. The van der Waals surface area contributed by atoms with Crippen molar-refractivity contribution in [3.05, 3.63) is 88.8 Å². The molecule has 0 fully saturated rings. The van der Waals surface area contributed by atoms with Crippen LogP contribution in [-0.2, 0) is 31.4 Å². The number of halogens is 1. The molecule has 10 heteroatoms. The zero-order valence-electron chi connectivity index (χ0n) is 21.0. The monoisotopic (exact) mass is 512 g/mol. The van der Waals surface area contributed by atoms with Crippen LogP contribution < -0.4 is 0 Å². The molecule has 1 N–H and O–H groups in total. The number of ketones is 2. The van der Waals surface area contributed by atoms with Gasteiger partial charge in [0.1, 0.15) is 23.9 Å². The van der Waals surface area contributed by atoms with Gasteiger partial charge in [-0.1, -0.05) is 13.0 Å². The van der Waals surface area contributed by atoms with Crippen LogP contribution in [0.1, 0.15) is 57.0 Å². The van der Waals surface area contributed by atoms with Gasteiger partial charge < -0.3 is 14.3 Å². The lowest BCUT2D eigenvalue weighted by molar-refractivity contribution is 0.0816. The third-order valence-corrected chi connectivity index (χ3v) is 6.81. The van der Waals surface area contributed by atoms with Crippen molar-refractivity contribution in [1.29, 1.82) is 0 Å². The molecule has 0 saturated heterocycles. The highest BCUT2D eigenvalue weighted by molar-refractivity contribution is 6.09. The van der Waals surface area contributed by atoms with E-state index in [0.717, 1.165) is 5.69 Å². The maximum absolute atomic E-state index is 15.4. The van der Waals surface area contributed by atoms with Crippen molar-refractivity contribution >= 4 is 22.5 Å². The third kappa shape index (κ3) is 4.22. The van der Waals surface area contributed by atoms with Crippen molar-refractivity contribution in [2.75, 3.05) is 6.61 Å². The van der Waals surface area contributed by atoms with Crippen LogP contribution in [0.3, 0.4) is 0 Å². The second-order valence-electron chi connectivity index (χ2n) is 9.34. The molecular weight excluding hydrogens is 487 g/mol. The second kappa shape index (κ2) is 9.46. The third-order valence-electron chi connectivity index (χ3n) is 6.81. The van der Waals surface area contributed by atoms with Crippen molar-refractivity contribution in [2.24, 2.45) is 7.05 Å². The Morgan fingerprint density at radius 2 is 2.08 bits per heavy atom. The summed E-state index contributed by atoms with van der Waals surface area (Å²) in [4.78, 5) is 37.9. The van der Waals surface area contributed by atoms with Gasteiger partial charge in [-0.25, -0.2) is 9.37 Å². The van der Waals surface area contributed by atoms with Gasteiger partial charge in [-0.15, -0.1) is 0 Å². The zero-order chi connectivity index (χ0) is 26.4. The summed E-state index contributed by atoms with van der Waals surface area (Å²) in [5, 5.41) is 5.11. The molecule has 0 saturated carbocycles.